The van der Waals surface area contributed by atoms with Gasteiger partial charge in [0.05, 0.1) is 18.9 Å². The number of alkyl halides is 6. The molecule has 0 radical (unpaired) electrons. The van der Waals surface area contributed by atoms with Gasteiger partial charge in [-0.3, -0.25) is 9.59 Å². The molecule has 11 heteroatoms. The van der Waals surface area contributed by atoms with Crippen LogP contribution in [0.1, 0.15) is 132 Å². The van der Waals surface area contributed by atoms with Gasteiger partial charge in [-0.25, -0.2) is 0 Å². The topological polar surface area (TPSA) is 72.8 Å². The van der Waals surface area contributed by atoms with Crippen LogP contribution in [0, 0.1) is 88.3 Å². The molecule has 8 fully saturated rings. The Labute approximate surface area is 312 Å². The Balaban J connectivity index is 0.000000138. The van der Waals surface area contributed by atoms with E-state index in [2.05, 4.69) is 34.6 Å². The molecule has 304 valence electrons. The van der Waals surface area contributed by atoms with Crippen molar-refractivity contribution in [3.8, 4) is 0 Å². The van der Waals surface area contributed by atoms with Gasteiger partial charge in [0.25, 0.3) is 5.60 Å². The zero-order chi connectivity index (χ0) is 39.1. The minimum absolute atomic E-state index is 0.0393. The Kier molecular flexibility index (Phi) is 11.2. The van der Waals surface area contributed by atoms with Crippen molar-refractivity contribution in [3.05, 3.63) is 0 Å². The number of rotatable bonds is 5. The van der Waals surface area contributed by atoms with Crippen LogP contribution >= 0.6 is 0 Å². The molecule has 1 heterocycles. The average Bonchev–Trinajstić information content (AvgIpc) is 3.95. The van der Waals surface area contributed by atoms with Gasteiger partial charge in [0, 0.05) is 5.41 Å². The number of halogens is 6. The summed E-state index contributed by atoms with van der Waals surface area (Å²) in [6.45, 7) is 16.2. The Morgan fingerprint density at radius 3 is 1.75 bits per heavy atom. The number of hydrogen-bond acceptors (Lipinski definition) is 5. The highest BCUT2D eigenvalue weighted by molar-refractivity contribution is 5.74. The monoisotopic (exact) mass is 762 g/mol. The van der Waals surface area contributed by atoms with Crippen LogP contribution in [0.15, 0.2) is 0 Å². The standard InChI is InChI=1S/C17H28O2.C13H18F6O.C12H18O2/c1-4-17(7-5-6-8-17)19-16(18)15-10-13-9-14(15)12(3)11(13)2;1-6-7(2)10-4-8(6)3-9(10)5-11(20,12(14,15)16)13(17,18)19;1-7-8(2)10-3-9(7)4-12(10)5-11(13)14-6-12/h11-15H,4-10H2,1-3H3;6-10,20H,3-5H2,1-2H3;7-10H,3-6H2,1-2H3. The molecule has 0 aromatic rings. The smallest absolute Gasteiger partial charge is 0.426 e. The van der Waals surface area contributed by atoms with Crippen LogP contribution in [0.5, 0.6) is 0 Å². The summed E-state index contributed by atoms with van der Waals surface area (Å²) in [6.07, 6.45) is -0.354. The summed E-state index contributed by atoms with van der Waals surface area (Å²) in [6, 6.07) is 0. The normalized spacial score (nSPS) is 44.9. The van der Waals surface area contributed by atoms with Crippen LogP contribution in [0.25, 0.3) is 0 Å². The van der Waals surface area contributed by atoms with E-state index < -0.39 is 30.3 Å². The quantitative estimate of drug-likeness (QED) is 0.223. The van der Waals surface area contributed by atoms with Gasteiger partial charge in [-0.15, -0.1) is 0 Å². The third kappa shape index (κ3) is 7.19. The van der Waals surface area contributed by atoms with Crippen molar-refractivity contribution in [2.45, 2.75) is 155 Å². The minimum atomic E-state index is -5.69. The van der Waals surface area contributed by atoms with Crippen LogP contribution in [-0.2, 0) is 19.1 Å². The number of cyclic esters (lactones) is 1. The summed E-state index contributed by atoms with van der Waals surface area (Å²) < 4.78 is 87.4. The molecular weight excluding hydrogens is 698 g/mol. The molecule has 1 aliphatic heterocycles. The molecule has 15 unspecified atom stereocenters. The fourth-order valence-corrected chi connectivity index (χ4v) is 13.4. The number of fused-ring (bicyclic) bond motifs is 7. The summed E-state index contributed by atoms with van der Waals surface area (Å²) in [5.74, 6) is 6.33. The molecule has 8 aliphatic rings. The number of hydrogen-bond donors (Lipinski definition) is 1. The van der Waals surface area contributed by atoms with Crippen molar-refractivity contribution in [1.29, 1.82) is 0 Å². The highest BCUT2D eigenvalue weighted by atomic mass is 19.4. The second kappa shape index (κ2) is 14.5. The summed E-state index contributed by atoms with van der Waals surface area (Å²) in [5.41, 5.74) is -4.43. The Bertz CT molecular complexity index is 1320. The van der Waals surface area contributed by atoms with E-state index in [9.17, 15) is 41.0 Å². The van der Waals surface area contributed by atoms with Crippen molar-refractivity contribution in [1.82, 2.24) is 0 Å². The van der Waals surface area contributed by atoms with Gasteiger partial charge in [-0.05, 0) is 154 Å². The van der Waals surface area contributed by atoms with E-state index in [1.807, 2.05) is 13.8 Å². The second-order valence-electron chi connectivity index (χ2n) is 19.5. The Morgan fingerprint density at radius 2 is 1.32 bits per heavy atom. The number of aliphatic hydroxyl groups is 1. The second-order valence-corrected chi connectivity index (χ2v) is 19.5. The lowest BCUT2D eigenvalue weighted by Gasteiger charge is -2.39. The van der Waals surface area contributed by atoms with Crippen LogP contribution in [-0.4, -0.2) is 47.2 Å². The molecule has 0 aromatic heterocycles. The van der Waals surface area contributed by atoms with Crippen LogP contribution < -0.4 is 0 Å². The van der Waals surface area contributed by atoms with E-state index in [-0.39, 0.29) is 46.6 Å². The van der Waals surface area contributed by atoms with Crippen LogP contribution in [0.2, 0.25) is 0 Å². The molecule has 0 aromatic carbocycles. The van der Waals surface area contributed by atoms with Crippen LogP contribution in [0.3, 0.4) is 0 Å². The molecule has 1 spiro atoms. The predicted octanol–water partition coefficient (Wildman–Crippen LogP) is 10.6. The molecule has 5 nitrogen and oxygen atoms in total. The number of carbonyl (C=O) groups is 2. The Morgan fingerprint density at radius 1 is 0.774 bits per heavy atom. The van der Waals surface area contributed by atoms with Gasteiger partial charge < -0.3 is 14.6 Å². The van der Waals surface area contributed by atoms with Gasteiger partial charge in [0.1, 0.15) is 5.60 Å². The maximum atomic E-state index is 12.7. The van der Waals surface area contributed by atoms with E-state index in [0.717, 1.165) is 61.2 Å². The molecule has 53 heavy (non-hydrogen) atoms. The van der Waals surface area contributed by atoms with Gasteiger partial charge in [-0.2, -0.15) is 26.3 Å². The fraction of sp³-hybridized carbons (Fsp3) is 0.952. The summed E-state index contributed by atoms with van der Waals surface area (Å²) in [7, 11) is 0. The largest absolute Gasteiger partial charge is 0.465 e. The van der Waals surface area contributed by atoms with Gasteiger partial charge >= 0.3 is 24.3 Å². The Hall–Kier alpha value is -1.52. The van der Waals surface area contributed by atoms with Crippen molar-refractivity contribution in [2.75, 3.05) is 6.61 Å². The minimum Gasteiger partial charge on any atom is -0.465 e. The van der Waals surface area contributed by atoms with Gasteiger partial charge in [0.15, 0.2) is 0 Å². The van der Waals surface area contributed by atoms with E-state index >= 15 is 0 Å². The number of carbonyl (C=O) groups excluding carboxylic acids is 2. The molecule has 7 saturated carbocycles. The van der Waals surface area contributed by atoms with Gasteiger partial charge in [-0.1, -0.05) is 48.5 Å². The zero-order valence-corrected chi connectivity index (χ0v) is 32.8. The lowest BCUT2D eigenvalue weighted by molar-refractivity contribution is -0.373. The lowest BCUT2D eigenvalue weighted by atomic mass is 9.65. The third-order valence-corrected chi connectivity index (χ3v) is 17.4. The average molecular weight is 763 g/mol. The maximum absolute atomic E-state index is 12.7. The first-order valence-electron chi connectivity index (χ1n) is 20.8. The van der Waals surface area contributed by atoms with Crippen molar-refractivity contribution < 1.29 is 50.5 Å². The maximum Gasteiger partial charge on any atom is 0.426 e. The fourth-order valence-electron chi connectivity index (χ4n) is 13.4. The van der Waals surface area contributed by atoms with Crippen molar-refractivity contribution in [3.63, 3.8) is 0 Å². The first-order valence-corrected chi connectivity index (χ1v) is 20.8. The van der Waals surface area contributed by atoms with Crippen molar-refractivity contribution >= 4 is 11.9 Å². The van der Waals surface area contributed by atoms with E-state index in [1.54, 1.807) is 0 Å². The van der Waals surface area contributed by atoms with E-state index in [1.165, 1.54) is 32.1 Å². The highest BCUT2D eigenvalue weighted by Crippen LogP contribution is 2.64. The first-order chi connectivity index (χ1) is 24.6. The molecule has 8 rings (SSSR count). The summed E-state index contributed by atoms with van der Waals surface area (Å²) >= 11 is 0. The predicted molar refractivity (Wildman–Crippen MR) is 188 cm³/mol. The van der Waals surface area contributed by atoms with E-state index in [4.69, 9.17) is 9.47 Å². The SMILES string of the molecule is CC1C2CC(C1C)C1(COC(=O)C1)C2.CC1C2CC(CC(O)(C(F)(F)F)C(F)(F)F)C(C2)C1C.CCC1(OC(=O)C2CC3CC2C(C)C3C)CCCC1. The van der Waals surface area contributed by atoms with Crippen LogP contribution in [0.4, 0.5) is 26.3 Å². The molecule has 7 aliphatic carbocycles. The zero-order valence-electron chi connectivity index (χ0n) is 32.8. The molecule has 15 atom stereocenters. The molecule has 6 bridgehead atoms. The van der Waals surface area contributed by atoms with Gasteiger partial charge in [0.2, 0.25) is 0 Å². The summed E-state index contributed by atoms with van der Waals surface area (Å²) in [5, 5.41) is 9.28. The van der Waals surface area contributed by atoms with Crippen molar-refractivity contribution in [2.24, 2.45) is 88.3 Å². The molecule has 0 amide bonds. The first kappa shape index (κ1) is 41.1. The third-order valence-electron chi connectivity index (χ3n) is 17.4. The van der Waals surface area contributed by atoms with E-state index in [0.29, 0.717) is 43.6 Å². The summed E-state index contributed by atoms with van der Waals surface area (Å²) in [4.78, 5) is 23.8. The molecular formula is C42H64F6O5. The number of ether oxygens (including phenoxy) is 2. The molecule has 1 N–H and O–H groups in total. The lowest BCUT2D eigenvalue weighted by Crippen LogP contribution is -2.58. The molecule has 1 saturated heterocycles. The number of esters is 2. The highest BCUT2D eigenvalue weighted by Gasteiger charge is 2.71.